The highest BCUT2D eigenvalue weighted by Gasteiger charge is 2.18. The second kappa shape index (κ2) is 4.11. The van der Waals surface area contributed by atoms with Crippen LogP contribution in [-0.2, 0) is 12.8 Å². The zero-order valence-corrected chi connectivity index (χ0v) is 10.8. The molecule has 1 heterocycles. The minimum atomic E-state index is 0.0123. The lowest BCUT2D eigenvalue weighted by Crippen LogP contribution is -2.15. The van der Waals surface area contributed by atoms with E-state index in [1.54, 1.807) is 0 Å². The number of aromatic amines is 1. The Hall–Kier alpha value is -1.42. The lowest BCUT2D eigenvalue weighted by Gasteiger charge is -2.05. The van der Waals surface area contributed by atoms with Gasteiger partial charge in [-0.3, -0.25) is 4.79 Å². The minimum Gasteiger partial charge on any atom is -0.306 e. The zero-order chi connectivity index (χ0) is 11.8. The van der Waals surface area contributed by atoms with E-state index in [0.717, 1.165) is 40.6 Å². The van der Waals surface area contributed by atoms with Crippen LogP contribution in [0.1, 0.15) is 17.7 Å². The second-order valence-corrected chi connectivity index (χ2v) is 5.03. The van der Waals surface area contributed by atoms with Gasteiger partial charge in [-0.05, 0) is 25.3 Å². The quantitative estimate of drug-likeness (QED) is 0.878. The molecule has 1 aliphatic rings. The Kier molecular flexibility index (Phi) is 2.59. The number of benzene rings is 1. The van der Waals surface area contributed by atoms with Gasteiger partial charge in [0.1, 0.15) is 5.82 Å². The van der Waals surface area contributed by atoms with E-state index in [9.17, 15) is 4.79 Å². The molecule has 17 heavy (non-hydrogen) atoms. The largest absolute Gasteiger partial charge is 0.306 e. The van der Waals surface area contributed by atoms with E-state index in [4.69, 9.17) is 0 Å². The van der Waals surface area contributed by atoms with Gasteiger partial charge < -0.3 is 4.98 Å². The van der Waals surface area contributed by atoms with E-state index in [0.29, 0.717) is 5.82 Å². The molecule has 0 aliphatic heterocycles. The Balaban J connectivity index is 2.20. The van der Waals surface area contributed by atoms with Crippen LogP contribution in [-0.4, -0.2) is 9.97 Å². The van der Waals surface area contributed by atoms with Gasteiger partial charge in [0.2, 0.25) is 0 Å². The Morgan fingerprint density at radius 3 is 2.88 bits per heavy atom. The van der Waals surface area contributed by atoms with Crippen LogP contribution in [0.25, 0.3) is 11.4 Å². The highest BCUT2D eigenvalue weighted by Crippen LogP contribution is 2.26. The third kappa shape index (κ3) is 1.82. The van der Waals surface area contributed by atoms with Crippen LogP contribution in [0.2, 0.25) is 0 Å². The van der Waals surface area contributed by atoms with Gasteiger partial charge in [0, 0.05) is 15.6 Å². The Bertz CT molecular complexity index is 634. The van der Waals surface area contributed by atoms with E-state index >= 15 is 0 Å². The first kappa shape index (κ1) is 10.7. The Morgan fingerprint density at radius 1 is 1.24 bits per heavy atom. The van der Waals surface area contributed by atoms with Gasteiger partial charge in [0.05, 0.1) is 5.69 Å². The maximum absolute atomic E-state index is 11.9. The minimum absolute atomic E-state index is 0.0123. The second-order valence-electron chi connectivity index (χ2n) is 4.17. The Labute approximate surface area is 107 Å². The van der Waals surface area contributed by atoms with Crippen molar-refractivity contribution in [3.8, 4) is 11.4 Å². The number of rotatable bonds is 1. The van der Waals surface area contributed by atoms with Crippen LogP contribution in [0.4, 0.5) is 0 Å². The number of nitrogens with one attached hydrogen (secondary N) is 1. The number of halogens is 1. The van der Waals surface area contributed by atoms with E-state index < -0.39 is 0 Å². The molecule has 0 saturated heterocycles. The third-order valence-corrected chi connectivity index (χ3v) is 3.76. The third-order valence-electron chi connectivity index (χ3n) is 3.07. The molecule has 1 aromatic carbocycles. The van der Waals surface area contributed by atoms with Crippen molar-refractivity contribution in [2.24, 2.45) is 0 Å². The highest BCUT2D eigenvalue weighted by molar-refractivity contribution is 9.10. The summed E-state index contributed by atoms with van der Waals surface area (Å²) >= 11 is 3.48. The topological polar surface area (TPSA) is 45.8 Å². The molecule has 1 aromatic heterocycles. The average Bonchev–Trinajstić information content (AvgIpc) is 2.78. The van der Waals surface area contributed by atoms with Gasteiger partial charge in [-0.25, -0.2) is 4.98 Å². The fourth-order valence-electron chi connectivity index (χ4n) is 2.22. The van der Waals surface area contributed by atoms with Crippen molar-refractivity contribution >= 4 is 15.9 Å². The first-order valence-corrected chi connectivity index (χ1v) is 6.42. The molecular weight excluding hydrogens is 280 g/mol. The van der Waals surface area contributed by atoms with Gasteiger partial charge in [-0.2, -0.15) is 0 Å². The van der Waals surface area contributed by atoms with Crippen molar-refractivity contribution in [3.05, 3.63) is 50.3 Å². The number of H-pyrrole nitrogens is 1. The van der Waals surface area contributed by atoms with E-state index in [2.05, 4.69) is 25.9 Å². The monoisotopic (exact) mass is 290 g/mol. The summed E-state index contributed by atoms with van der Waals surface area (Å²) in [7, 11) is 0. The van der Waals surface area contributed by atoms with E-state index in [1.807, 2.05) is 24.3 Å². The van der Waals surface area contributed by atoms with Crippen LogP contribution >= 0.6 is 15.9 Å². The predicted octanol–water partition coefficient (Wildman–Crippen LogP) is 2.69. The molecule has 3 nitrogen and oxygen atoms in total. The molecule has 0 saturated carbocycles. The van der Waals surface area contributed by atoms with Gasteiger partial charge in [-0.1, -0.05) is 34.1 Å². The molecule has 0 bridgehead atoms. The van der Waals surface area contributed by atoms with Gasteiger partial charge in [-0.15, -0.1) is 0 Å². The molecule has 86 valence electrons. The average molecular weight is 291 g/mol. The maximum Gasteiger partial charge on any atom is 0.254 e. The summed E-state index contributed by atoms with van der Waals surface area (Å²) in [6.45, 7) is 0. The molecule has 1 aliphatic carbocycles. The number of hydrogen-bond acceptors (Lipinski definition) is 2. The van der Waals surface area contributed by atoms with Crippen molar-refractivity contribution < 1.29 is 0 Å². The van der Waals surface area contributed by atoms with E-state index in [1.165, 1.54) is 0 Å². The van der Waals surface area contributed by atoms with Crippen molar-refractivity contribution in [3.63, 3.8) is 0 Å². The summed E-state index contributed by atoms with van der Waals surface area (Å²) in [6.07, 6.45) is 2.80. The van der Waals surface area contributed by atoms with Crippen LogP contribution in [0.5, 0.6) is 0 Å². The summed E-state index contributed by atoms with van der Waals surface area (Å²) in [5.74, 6) is 0.656. The first-order chi connectivity index (χ1) is 8.25. The lowest BCUT2D eigenvalue weighted by molar-refractivity contribution is 0.899. The van der Waals surface area contributed by atoms with Gasteiger partial charge in [0.15, 0.2) is 0 Å². The van der Waals surface area contributed by atoms with Crippen molar-refractivity contribution in [1.82, 2.24) is 9.97 Å². The standard InChI is InChI=1S/C13H11BrN2O/c14-10-6-2-1-4-8(10)12-15-11-7-3-5-9(11)13(17)16-12/h1-2,4,6H,3,5,7H2,(H,15,16,17). The molecular formula is C13H11BrN2O. The molecule has 2 aromatic rings. The van der Waals surface area contributed by atoms with Crippen LogP contribution in [0.3, 0.4) is 0 Å². The van der Waals surface area contributed by atoms with Crippen molar-refractivity contribution in [2.75, 3.05) is 0 Å². The summed E-state index contributed by atoms with van der Waals surface area (Å²) in [6, 6.07) is 7.78. The molecule has 1 N–H and O–H groups in total. The lowest BCUT2D eigenvalue weighted by atomic mass is 10.2. The summed E-state index contributed by atoms with van der Waals surface area (Å²) in [5.41, 5.74) is 2.76. The molecule has 0 spiro atoms. The molecule has 0 atom stereocenters. The normalized spacial score (nSPS) is 13.7. The number of fused-ring (bicyclic) bond motifs is 1. The van der Waals surface area contributed by atoms with Gasteiger partial charge >= 0.3 is 0 Å². The zero-order valence-electron chi connectivity index (χ0n) is 9.16. The van der Waals surface area contributed by atoms with Gasteiger partial charge in [0.25, 0.3) is 5.56 Å². The SMILES string of the molecule is O=c1[nH]c(-c2ccccc2Br)nc2c1CCC2. The molecule has 4 heteroatoms. The first-order valence-electron chi connectivity index (χ1n) is 5.62. The molecule has 0 fully saturated rings. The molecule has 3 rings (SSSR count). The van der Waals surface area contributed by atoms with E-state index in [-0.39, 0.29) is 5.56 Å². The van der Waals surface area contributed by atoms with Crippen molar-refractivity contribution in [2.45, 2.75) is 19.3 Å². The smallest absolute Gasteiger partial charge is 0.254 e. The van der Waals surface area contributed by atoms with Crippen LogP contribution in [0.15, 0.2) is 33.5 Å². The van der Waals surface area contributed by atoms with Crippen molar-refractivity contribution in [1.29, 1.82) is 0 Å². The summed E-state index contributed by atoms with van der Waals surface area (Å²) in [4.78, 5) is 19.3. The Morgan fingerprint density at radius 2 is 2.06 bits per heavy atom. The summed E-state index contributed by atoms with van der Waals surface area (Å²) in [5, 5.41) is 0. The molecule has 0 radical (unpaired) electrons. The van der Waals surface area contributed by atoms with Crippen LogP contribution in [0, 0.1) is 0 Å². The molecule has 0 unspecified atom stereocenters. The number of aryl methyl sites for hydroxylation is 1. The summed E-state index contributed by atoms with van der Waals surface area (Å²) < 4.78 is 0.945. The van der Waals surface area contributed by atoms with Crippen LogP contribution < -0.4 is 5.56 Å². The highest BCUT2D eigenvalue weighted by atomic mass is 79.9. The maximum atomic E-state index is 11.9. The molecule has 0 amide bonds. The predicted molar refractivity (Wildman–Crippen MR) is 70.0 cm³/mol. The number of hydrogen-bond donors (Lipinski definition) is 1. The fourth-order valence-corrected chi connectivity index (χ4v) is 2.70. The number of aromatic nitrogens is 2. The fraction of sp³-hybridized carbons (Fsp3) is 0.231. The number of nitrogens with zero attached hydrogens (tertiary/aromatic N) is 1.